The van der Waals surface area contributed by atoms with Crippen molar-refractivity contribution in [1.82, 2.24) is 14.9 Å². The van der Waals surface area contributed by atoms with Crippen molar-refractivity contribution in [2.45, 2.75) is 24.7 Å². The van der Waals surface area contributed by atoms with Crippen molar-refractivity contribution in [2.75, 3.05) is 29.9 Å². The Labute approximate surface area is 162 Å². The van der Waals surface area contributed by atoms with Crippen LogP contribution in [0.2, 0.25) is 0 Å². The average molecular weight is 413 g/mol. The maximum Gasteiger partial charge on any atom is 0.433 e. The van der Waals surface area contributed by atoms with Crippen LogP contribution in [0.4, 0.5) is 33.5 Å². The van der Waals surface area contributed by atoms with E-state index in [1.165, 1.54) is 0 Å². The highest BCUT2D eigenvalue weighted by Gasteiger charge is 2.46. The summed E-state index contributed by atoms with van der Waals surface area (Å²) in [5, 5.41) is 2.41. The Kier molecular flexibility index (Phi) is 4.85. The molecule has 0 spiro atoms. The molecule has 4 heterocycles. The maximum atomic E-state index is 13.7. The standard InChI is InChI=1S/C18H16F5N5O/c19-10-1-2-14(13(20)3-10)26-17(29)8-28-11-4-12(28)7-27(6-11)16-5-15(18(21,22)23)24-9-25-16/h1-3,5,9,11-12H,4,6-8H2,(H,26,29). The van der Waals surface area contributed by atoms with Gasteiger partial charge in [0.2, 0.25) is 5.91 Å². The van der Waals surface area contributed by atoms with Crippen molar-refractivity contribution in [3.8, 4) is 0 Å². The third-order valence-corrected chi connectivity index (χ3v) is 5.14. The second-order valence-corrected chi connectivity index (χ2v) is 7.05. The van der Waals surface area contributed by atoms with Gasteiger partial charge in [0.25, 0.3) is 0 Å². The molecule has 2 bridgehead atoms. The van der Waals surface area contributed by atoms with Crippen LogP contribution in [-0.4, -0.2) is 52.5 Å². The molecule has 5 rings (SSSR count). The number of amides is 1. The van der Waals surface area contributed by atoms with Crippen LogP contribution in [0.25, 0.3) is 0 Å². The van der Waals surface area contributed by atoms with Gasteiger partial charge in [0, 0.05) is 37.3 Å². The molecule has 3 saturated heterocycles. The van der Waals surface area contributed by atoms with Gasteiger partial charge in [-0.1, -0.05) is 0 Å². The number of piperidine rings is 1. The van der Waals surface area contributed by atoms with Crippen molar-refractivity contribution in [3.63, 3.8) is 0 Å². The third kappa shape index (κ3) is 4.00. The third-order valence-electron chi connectivity index (χ3n) is 5.14. The molecular weight excluding hydrogens is 397 g/mol. The van der Waals surface area contributed by atoms with Gasteiger partial charge in [-0.15, -0.1) is 0 Å². The average Bonchev–Trinajstić information content (AvgIpc) is 2.68. The molecular formula is C18H16F5N5O. The predicted octanol–water partition coefficient (Wildman–Crippen LogP) is 2.68. The number of carbonyl (C=O) groups excluding carboxylic acids is 1. The van der Waals surface area contributed by atoms with Crippen LogP contribution in [0.15, 0.2) is 30.6 Å². The summed E-state index contributed by atoms with van der Waals surface area (Å²) in [6.45, 7) is 0.851. The lowest BCUT2D eigenvalue weighted by Crippen LogP contribution is -2.69. The number of aromatic nitrogens is 2. The van der Waals surface area contributed by atoms with E-state index in [1.807, 2.05) is 4.90 Å². The van der Waals surface area contributed by atoms with Gasteiger partial charge in [-0.05, 0) is 18.6 Å². The van der Waals surface area contributed by atoms with E-state index >= 15 is 0 Å². The Morgan fingerprint density at radius 1 is 1.14 bits per heavy atom. The summed E-state index contributed by atoms with van der Waals surface area (Å²) in [4.78, 5) is 23.1. The Bertz CT molecular complexity index is 925. The Balaban J connectivity index is 1.37. The molecule has 0 radical (unpaired) electrons. The number of alkyl halides is 3. The van der Waals surface area contributed by atoms with E-state index in [-0.39, 0.29) is 30.1 Å². The molecule has 1 N–H and O–H groups in total. The number of carbonyl (C=O) groups is 1. The normalized spacial score (nSPS) is 21.6. The van der Waals surface area contributed by atoms with Crippen LogP contribution in [0.5, 0.6) is 0 Å². The van der Waals surface area contributed by atoms with E-state index in [2.05, 4.69) is 15.3 Å². The molecule has 1 aromatic carbocycles. The summed E-state index contributed by atoms with van der Waals surface area (Å²) in [5.74, 6) is -1.85. The quantitative estimate of drug-likeness (QED) is 0.782. The van der Waals surface area contributed by atoms with Crippen molar-refractivity contribution in [1.29, 1.82) is 0 Å². The van der Waals surface area contributed by atoms with Crippen LogP contribution >= 0.6 is 0 Å². The molecule has 1 amide bonds. The minimum absolute atomic E-state index is 0.0115. The highest BCUT2D eigenvalue weighted by Crippen LogP contribution is 2.35. The molecule has 2 aromatic rings. The van der Waals surface area contributed by atoms with Gasteiger partial charge in [0.1, 0.15) is 29.5 Å². The zero-order valence-electron chi connectivity index (χ0n) is 15.0. The van der Waals surface area contributed by atoms with Gasteiger partial charge in [-0.2, -0.15) is 13.2 Å². The zero-order valence-corrected chi connectivity index (χ0v) is 15.0. The molecule has 3 aliphatic rings. The number of rotatable bonds is 4. The Hall–Kier alpha value is -2.82. The molecule has 154 valence electrons. The van der Waals surface area contributed by atoms with Crippen LogP contribution in [-0.2, 0) is 11.0 Å². The Morgan fingerprint density at radius 3 is 2.52 bits per heavy atom. The molecule has 1 aromatic heterocycles. The molecule has 2 atom stereocenters. The van der Waals surface area contributed by atoms with E-state index in [0.29, 0.717) is 19.2 Å². The fraction of sp³-hybridized carbons (Fsp3) is 0.389. The van der Waals surface area contributed by atoms with Gasteiger partial charge in [-0.3, -0.25) is 9.69 Å². The van der Waals surface area contributed by atoms with Gasteiger partial charge in [-0.25, -0.2) is 18.7 Å². The molecule has 3 aliphatic heterocycles. The molecule has 29 heavy (non-hydrogen) atoms. The summed E-state index contributed by atoms with van der Waals surface area (Å²) in [7, 11) is 0. The van der Waals surface area contributed by atoms with Crippen LogP contribution < -0.4 is 10.2 Å². The number of halogens is 5. The summed E-state index contributed by atoms with van der Waals surface area (Å²) in [6, 6.07) is 3.74. The second kappa shape index (κ2) is 7.21. The van der Waals surface area contributed by atoms with Crippen molar-refractivity contribution < 1.29 is 26.7 Å². The van der Waals surface area contributed by atoms with E-state index < -0.39 is 29.4 Å². The molecule has 0 saturated carbocycles. The Morgan fingerprint density at radius 2 is 1.86 bits per heavy atom. The van der Waals surface area contributed by atoms with Crippen molar-refractivity contribution >= 4 is 17.4 Å². The predicted molar refractivity (Wildman–Crippen MR) is 93.1 cm³/mol. The fourth-order valence-corrected chi connectivity index (χ4v) is 3.75. The topological polar surface area (TPSA) is 61.4 Å². The minimum Gasteiger partial charge on any atom is -0.353 e. The van der Waals surface area contributed by atoms with Crippen LogP contribution in [0.1, 0.15) is 12.1 Å². The smallest absolute Gasteiger partial charge is 0.353 e. The number of fused-ring (bicyclic) bond motifs is 2. The fourth-order valence-electron chi connectivity index (χ4n) is 3.75. The van der Waals surface area contributed by atoms with Gasteiger partial charge >= 0.3 is 6.18 Å². The number of nitrogens with one attached hydrogen (secondary N) is 1. The summed E-state index contributed by atoms with van der Waals surface area (Å²) in [6.07, 6.45) is -2.84. The maximum absolute atomic E-state index is 13.7. The van der Waals surface area contributed by atoms with Crippen molar-refractivity contribution in [3.05, 3.63) is 47.9 Å². The van der Waals surface area contributed by atoms with E-state index in [4.69, 9.17) is 0 Å². The molecule has 2 unspecified atom stereocenters. The van der Waals surface area contributed by atoms with E-state index in [9.17, 15) is 26.7 Å². The molecule has 11 heteroatoms. The van der Waals surface area contributed by atoms with Crippen LogP contribution in [0, 0.1) is 11.6 Å². The lowest BCUT2D eigenvalue weighted by atomic mass is 9.87. The molecule has 3 fully saturated rings. The largest absolute Gasteiger partial charge is 0.433 e. The van der Waals surface area contributed by atoms with Gasteiger partial charge in [0.15, 0.2) is 0 Å². The summed E-state index contributed by atoms with van der Waals surface area (Å²) in [5.41, 5.74) is -1.11. The first kappa shape index (κ1) is 19.5. The highest BCUT2D eigenvalue weighted by atomic mass is 19.4. The number of nitrogens with zero attached hydrogens (tertiary/aromatic N) is 4. The second-order valence-electron chi connectivity index (χ2n) is 7.05. The molecule has 6 nitrogen and oxygen atoms in total. The monoisotopic (exact) mass is 413 g/mol. The van der Waals surface area contributed by atoms with E-state index in [1.54, 1.807) is 4.90 Å². The van der Waals surface area contributed by atoms with Crippen LogP contribution in [0.3, 0.4) is 0 Å². The number of benzene rings is 1. The summed E-state index contributed by atoms with van der Waals surface area (Å²) >= 11 is 0. The lowest BCUT2D eigenvalue weighted by molar-refractivity contribution is -0.141. The lowest BCUT2D eigenvalue weighted by Gasteiger charge is -2.56. The van der Waals surface area contributed by atoms with E-state index in [0.717, 1.165) is 30.9 Å². The summed E-state index contributed by atoms with van der Waals surface area (Å²) < 4.78 is 65.1. The number of anilines is 2. The first-order chi connectivity index (χ1) is 13.7. The van der Waals surface area contributed by atoms with Gasteiger partial charge < -0.3 is 10.2 Å². The molecule has 0 aliphatic carbocycles. The SMILES string of the molecule is O=C(CN1C2CC1CN(c1cc(C(F)(F)F)ncn1)C2)Nc1ccc(F)cc1F. The number of hydrogen-bond donors (Lipinski definition) is 1. The highest BCUT2D eigenvalue weighted by molar-refractivity contribution is 5.92. The first-order valence-corrected chi connectivity index (χ1v) is 8.85. The minimum atomic E-state index is -4.55. The van der Waals surface area contributed by atoms with Gasteiger partial charge in [0.05, 0.1) is 12.2 Å². The number of piperazine rings is 1. The van der Waals surface area contributed by atoms with Crippen molar-refractivity contribution in [2.24, 2.45) is 0 Å². The number of hydrogen-bond acceptors (Lipinski definition) is 5. The first-order valence-electron chi connectivity index (χ1n) is 8.85. The zero-order chi connectivity index (χ0) is 20.8.